The smallest absolute Gasteiger partial charge is 0.274 e. The number of rotatable bonds is 7. The molecule has 3 aromatic rings. The van der Waals surface area contributed by atoms with E-state index in [-0.39, 0.29) is 12.6 Å². The van der Waals surface area contributed by atoms with Crippen LogP contribution in [0, 0.1) is 13.8 Å². The molecule has 154 valence electrons. The number of benzene rings is 1. The maximum Gasteiger partial charge on any atom is 0.274 e. The van der Waals surface area contributed by atoms with E-state index in [1.807, 2.05) is 32.9 Å². The maximum atomic E-state index is 12.7. The number of carbonyl (C=O) groups is 1. The van der Waals surface area contributed by atoms with Crippen molar-refractivity contribution >= 4 is 29.1 Å². The molecular formula is C20H23Cl2N5O2. The highest BCUT2D eigenvalue weighted by molar-refractivity contribution is 6.32. The Morgan fingerprint density at radius 3 is 2.48 bits per heavy atom. The lowest BCUT2D eigenvalue weighted by molar-refractivity contribution is 0.0775. The van der Waals surface area contributed by atoms with Gasteiger partial charge in [-0.3, -0.25) is 9.48 Å². The van der Waals surface area contributed by atoms with Crippen molar-refractivity contribution in [2.75, 3.05) is 7.05 Å². The normalized spacial score (nSPS) is 11.0. The Kier molecular flexibility index (Phi) is 6.49. The SMILES string of the molecule is CCn1cc(Cl)c(CN(C)C(=O)c2ccn(COc3cc(C)c(Cl)c(C)c3)n2)n1. The van der Waals surface area contributed by atoms with Gasteiger partial charge in [0.1, 0.15) is 11.4 Å². The predicted molar refractivity (Wildman–Crippen MR) is 112 cm³/mol. The van der Waals surface area contributed by atoms with Crippen LogP contribution in [0.4, 0.5) is 0 Å². The highest BCUT2D eigenvalue weighted by atomic mass is 35.5. The molecule has 0 atom stereocenters. The summed E-state index contributed by atoms with van der Waals surface area (Å²) in [6.07, 6.45) is 3.46. The first-order chi connectivity index (χ1) is 13.8. The Morgan fingerprint density at radius 1 is 1.17 bits per heavy atom. The van der Waals surface area contributed by atoms with Crippen LogP contribution in [0.1, 0.15) is 34.2 Å². The van der Waals surface area contributed by atoms with Crippen molar-refractivity contribution in [1.29, 1.82) is 0 Å². The van der Waals surface area contributed by atoms with Crippen LogP contribution < -0.4 is 4.74 Å². The van der Waals surface area contributed by atoms with E-state index in [4.69, 9.17) is 27.9 Å². The average molecular weight is 436 g/mol. The molecule has 7 nitrogen and oxygen atoms in total. The minimum absolute atomic E-state index is 0.185. The Hall–Kier alpha value is -2.51. The molecule has 2 heterocycles. The number of ether oxygens (including phenoxy) is 1. The highest BCUT2D eigenvalue weighted by Crippen LogP contribution is 2.26. The van der Waals surface area contributed by atoms with E-state index in [0.29, 0.717) is 35.2 Å². The van der Waals surface area contributed by atoms with Crippen molar-refractivity contribution in [3.63, 3.8) is 0 Å². The predicted octanol–water partition coefficient (Wildman–Crippen LogP) is 4.33. The zero-order valence-electron chi connectivity index (χ0n) is 16.8. The van der Waals surface area contributed by atoms with E-state index in [2.05, 4.69) is 10.2 Å². The summed E-state index contributed by atoms with van der Waals surface area (Å²) in [7, 11) is 1.69. The van der Waals surface area contributed by atoms with E-state index in [1.54, 1.807) is 34.9 Å². The molecule has 0 aliphatic carbocycles. The van der Waals surface area contributed by atoms with Crippen molar-refractivity contribution in [2.45, 2.75) is 40.6 Å². The summed E-state index contributed by atoms with van der Waals surface area (Å²) in [6, 6.07) is 5.41. The summed E-state index contributed by atoms with van der Waals surface area (Å²) < 4.78 is 9.08. The third-order valence-corrected chi connectivity index (χ3v) is 5.39. The van der Waals surface area contributed by atoms with E-state index in [9.17, 15) is 4.79 Å². The topological polar surface area (TPSA) is 65.2 Å². The molecule has 0 aliphatic heterocycles. The molecule has 1 amide bonds. The summed E-state index contributed by atoms with van der Waals surface area (Å²) in [5.41, 5.74) is 2.87. The minimum Gasteiger partial charge on any atom is -0.471 e. The molecular weight excluding hydrogens is 413 g/mol. The summed E-state index contributed by atoms with van der Waals surface area (Å²) in [5.74, 6) is 0.482. The van der Waals surface area contributed by atoms with Gasteiger partial charge >= 0.3 is 0 Å². The van der Waals surface area contributed by atoms with Crippen molar-refractivity contribution < 1.29 is 9.53 Å². The number of halogens is 2. The van der Waals surface area contributed by atoms with Gasteiger partial charge in [0.2, 0.25) is 0 Å². The number of carbonyl (C=O) groups excluding carboxylic acids is 1. The van der Waals surface area contributed by atoms with Gasteiger partial charge in [0, 0.05) is 31.0 Å². The minimum atomic E-state index is -0.218. The van der Waals surface area contributed by atoms with Crippen LogP contribution in [-0.2, 0) is 19.8 Å². The molecule has 9 heteroatoms. The van der Waals surface area contributed by atoms with E-state index in [1.165, 1.54) is 4.90 Å². The van der Waals surface area contributed by atoms with Crippen LogP contribution in [0.15, 0.2) is 30.6 Å². The van der Waals surface area contributed by atoms with Gasteiger partial charge in [0.05, 0.1) is 11.6 Å². The van der Waals surface area contributed by atoms with Crippen LogP contribution in [0.5, 0.6) is 5.75 Å². The number of hydrogen-bond donors (Lipinski definition) is 0. The largest absolute Gasteiger partial charge is 0.471 e. The van der Waals surface area contributed by atoms with Crippen molar-refractivity contribution in [3.05, 3.63) is 63.2 Å². The Morgan fingerprint density at radius 2 is 1.86 bits per heavy atom. The first-order valence-electron chi connectivity index (χ1n) is 9.18. The number of nitrogens with zero attached hydrogens (tertiary/aromatic N) is 5. The average Bonchev–Trinajstić information content (AvgIpc) is 3.30. The quantitative estimate of drug-likeness (QED) is 0.553. The van der Waals surface area contributed by atoms with E-state index >= 15 is 0 Å². The van der Waals surface area contributed by atoms with Crippen molar-refractivity contribution in [1.82, 2.24) is 24.5 Å². The van der Waals surface area contributed by atoms with E-state index < -0.39 is 0 Å². The number of amides is 1. The first kappa shape index (κ1) is 21.2. The van der Waals surface area contributed by atoms with Crippen LogP contribution >= 0.6 is 23.2 Å². The zero-order valence-corrected chi connectivity index (χ0v) is 18.3. The van der Waals surface area contributed by atoms with Crippen LogP contribution in [0.25, 0.3) is 0 Å². The van der Waals surface area contributed by atoms with E-state index in [0.717, 1.165) is 16.1 Å². The van der Waals surface area contributed by atoms with Gasteiger partial charge in [-0.25, -0.2) is 4.68 Å². The fourth-order valence-electron chi connectivity index (χ4n) is 2.88. The summed E-state index contributed by atoms with van der Waals surface area (Å²) >= 11 is 12.4. The lowest BCUT2D eigenvalue weighted by Crippen LogP contribution is -2.27. The molecule has 3 rings (SSSR count). The Labute approximate surface area is 179 Å². The lowest BCUT2D eigenvalue weighted by Gasteiger charge is -2.14. The first-order valence-corrected chi connectivity index (χ1v) is 9.94. The van der Waals surface area contributed by atoms with Gasteiger partial charge in [-0.05, 0) is 50.1 Å². The number of aryl methyl sites for hydroxylation is 3. The van der Waals surface area contributed by atoms with Gasteiger partial charge < -0.3 is 9.64 Å². The molecule has 0 aliphatic rings. The van der Waals surface area contributed by atoms with Crippen LogP contribution in [-0.4, -0.2) is 37.4 Å². The fourth-order valence-corrected chi connectivity index (χ4v) is 3.20. The molecule has 0 fully saturated rings. The second-order valence-electron chi connectivity index (χ2n) is 6.83. The molecule has 1 aromatic carbocycles. The monoisotopic (exact) mass is 435 g/mol. The summed E-state index contributed by atoms with van der Waals surface area (Å²) in [4.78, 5) is 14.2. The summed E-state index contributed by atoms with van der Waals surface area (Å²) in [6.45, 7) is 7.04. The third-order valence-electron chi connectivity index (χ3n) is 4.48. The summed E-state index contributed by atoms with van der Waals surface area (Å²) in [5, 5.41) is 9.95. The standard InChI is InChI=1S/C20H23Cl2N5O2/c1-5-26-10-16(21)18(24-26)11-25(4)20(28)17-6-7-27(23-17)12-29-15-8-13(2)19(22)14(3)9-15/h6-10H,5,11-12H2,1-4H3. The van der Waals surface area contributed by atoms with Crippen LogP contribution in [0.3, 0.4) is 0 Å². The Balaban J connectivity index is 1.62. The molecule has 0 saturated heterocycles. The van der Waals surface area contributed by atoms with Gasteiger partial charge in [-0.15, -0.1) is 0 Å². The molecule has 0 unspecified atom stereocenters. The zero-order chi connectivity index (χ0) is 21.1. The van der Waals surface area contributed by atoms with Crippen molar-refractivity contribution in [3.8, 4) is 5.75 Å². The molecule has 0 saturated carbocycles. The van der Waals surface area contributed by atoms with Gasteiger partial charge in [-0.1, -0.05) is 23.2 Å². The fraction of sp³-hybridized carbons (Fsp3) is 0.350. The maximum absolute atomic E-state index is 12.7. The molecule has 2 aromatic heterocycles. The van der Waals surface area contributed by atoms with Gasteiger partial charge in [0.15, 0.2) is 12.4 Å². The number of hydrogen-bond acceptors (Lipinski definition) is 4. The molecule has 0 N–H and O–H groups in total. The van der Waals surface area contributed by atoms with Crippen LogP contribution in [0.2, 0.25) is 10.0 Å². The third kappa shape index (κ3) is 4.92. The lowest BCUT2D eigenvalue weighted by atomic mass is 10.1. The molecule has 0 spiro atoms. The highest BCUT2D eigenvalue weighted by Gasteiger charge is 2.18. The second kappa shape index (κ2) is 8.88. The molecule has 29 heavy (non-hydrogen) atoms. The Bertz CT molecular complexity index is 1000. The van der Waals surface area contributed by atoms with Gasteiger partial charge in [0.25, 0.3) is 5.91 Å². The molecule has 0 radical (unpaired) electrons. The number of aromatic nitrogens is 4. The van der Waals surface area contributed by atoms with Gasteiger partial charge in [-0.2, -0.15) is 10.2 Å². The second-order valence-corrected chi connectivity index (χ2v) is 7.61. The molecule has 0 bridgehead atoms. The van der Waals surface area contributed by atoms with Crippen molar-refractivity contribution in [2.24, 2.45) is 0 Å².